The molecular formula is C15H23NO. The lowest BCUT2D eigenvalue weighted by Crippen LogP contribution is -2.47. The summed E-state index contributed by atoms with van der Waals surface area (Å²) in [6.45, 7) is 3.10. The molecule has 17 heavy (non-hydrogen) atoms. The third-order valence-electron chi connectivity index (χ3n) is 3.95. The highest BCUT2D eigenvalue weighted by molar-refractivity contribution is 5.24. The molecule has 0 radical (unpaired) electrons. The summed E-state index contributed by atoms with van der Waals surface area (Å²) in [5, 5.41) is 14.5. The fraction of sp³-hybridized carbons (Fsp3) is 0.600. The van der Waals surface area contributed by atoms with Crippen LogP contribution in [0.1, 0.15) is 44.6 Å². The maximum absolute atomic E-state index is 11.0. The van der Waals surface area contributed by atoms with Crippen molar-refractivity contribution in [2.24, 2.45) is 0 Å². The average molecular weight is 233 g/mol. The zero-order chi connectivity index (χ0) is 12.1. The molecule has 0 aliphatic carbocycles. The lowest BCUT2D eigenvalue weighted by molar-refractivity contribution is -0.00876. The van der Waals surface area contributed by atoms with Crippen molar-refractivity contribution in [3.63, 3.8) is 0 Å². The van der Waals surface area contributed by atoms with Gasteiger partial charge in [-0.25, -0.2) is 0 Å². The fourth-order valence-corrected chi connectivity index (χ4v) is 2.81. The van der Waals surface area contributed by atoms with Gasteiger partial charge in [0, 0.05) is 6.04 Å². The van der Waals surface area contributed by atoms with E-state index in [-0.39, 0.29) is 6.04 Å². The van der Waals surface area contributed by atoms with Crippen molar-refractivity contribution in [2.45, 2.75) is 50.7 Å². The molecule has 2 unspecified atom stereocenters. The van der Waals surface area contributed by atoms with Crippen molar-refractivity contribution >= 4 is 0 Å². The third kappa shape index (κ3) is 2.70. The van der Waals surface area contributed by atoms with Crippen LogP contribution < -0.4 is 5.32 Å². The molecule has 1 aromatic carbocycles. The normalized spacial score (nSPS) is 24.9. The Morgan fingerprint density at radius 3 is 2.71 bits per heavy atom. The van der Waals surface area contributed by atoms with Crippen LogP contribution in [0.2, 0.25) is 0 Å². The Labute approximate surface area is 104 Å². The van der Waals surface area contributed by atoms with Crippen molar-refractivity contribution in [3.8, 4) is 0 Å². The minimum Gasteiger partial charge on any atom is -0.384 e. The lowest BCUT2D eigenvalue weighted by atomic mass is 9.82. The Hall–Kier alpha value is -0.860. The molecule has 0 amide bonds. The molecule has 2 rings (SSSR count). The van der Waals surface area contributed by atoms with Crippen LogP contribution in [-0.2, 0) is 5.60 Å². The summed E-state index contributed by atoms with van der Waals surface area (Å²) in [6, 6.07) is 10.3. The van der Waals surface area contributed by atoms with Crippen LogP contribution in [0, 0.1) is 0 Å². The number of nitrogens with one attached hydrogen (secondary N) is 1. The summed E-state index contributed by atoms with van der Waals surface area (Å²) in [6.07, 6.45) is 5.55. The predicted octanol–water partition coefficient (Wildman–Crippen LogP) is 2.82. The highest BCUT2D eigenvalue weighted by Gasteiger charge is 2.36. The second kappa shape index (κ2) is 5.65. The van der Waals surface area contributed by atoms with E-state index in [9.17, 15) is 5.11 Å². The maximum Gasteiger partial charge on any atom is 0.105 e. The summed E-state index contributed by atoms with van der Waals surface area (Å²) in [5.74, 6) is 0. The van der Waals surface area contributed by atoms with Crippen molar-refractivity contribution in [2.75, 3.05) is 6.54 Å². The number of rotatable bonds is 3. The van der Waals surface area contributed by atoms with E-state index in [0.29, 0.717) is 0 Å². The molecule has 1 aliphatic rings. The van der Waals surface area contributed by atoms with Gasteiger partial charge in [0.05, 0.1) is 0 Å². The van der Waals surface area contributed by atoms with Crippen molar-refractivity contribution in [1.82, 2.24) is 5.32 Å². The standard InChI is InChI=1S/C15H23NO/c1-2-15(17,13-9-5-3-6-10-13)14-11-7-4-8-12-16-14/h3,5-6,9-10,14,16-17H,2,4,7-8,11-12H2,1H3. The van der Waals surface area contributed by atoms with Gasteiger partial charge in [0.15, 0.2) is 0 Å². The molecule has 1 fully saturated rings. The summed E-state index contributed by atoms with van der Waals surface area (Å²) in [4.78, 5) is 0. The van der Waals surface area contributed by atoms with Gasteiger partial charge >= 0.3 is 0 Å². The van der Waals surface area contributed by atoms with E-state index in [1.807, 2.05) is 30.3 Å². The van der Waals surface area contributed by atoms with E-state index in [4.69, 9.17) is 0 Å². The molecule has 2 nitrogen and oxygen atoms in total. The fourth-order valence-electron chi connectivity index (χ4n) is 2.81. The second-order valence-corrected chi connectivity index (χ2v) is 5.00. The van der Waals surface area contributed by atoms with Gasteiger partial charge in [-0.3, -0.25) is 0 Å². The van der Waals surface area contributed by atoms with Gasteiger partial charge in [-0.2, -0.15) is 0 Å². The summed E-state index contributed by atoms with van der Waals surface area (Å²) < 4.78 is 0. The quantitative estimate of drug-likeness (QED) is 0.841. The van der Waals surface area contributed by atoms with Crippen molar-refractivity contribution < 1.29 is 5.11 Å². The Morgan fingerprint density at radius 1 is 1.24 bits per heavy atom. The molecule has 1 aromatic rings. The van der Waals surface area contributed by atoms with E-state index in [1.165, 1.54) is 19.3 Å². The van der Waals surface area contributed by atoms with Gasteiger partial charge < -0.3 is 10.4 Å². The molecular weight excluding hydrogens is 210 g/mol. The highest BCUT2D eigenvalue weighted by Crippen LogP contribution is 2.32. The Balaban J connectivity index is 2.23. The molecule has 1 saturated heterocycles. The Morgan fingerprint density at radius 2 is 2.00 bits per heavy atom. The van der Waals surface area contributed by atoms with Crippen LogP contribution in [0.4, 0.5) is 0 Å². The number of benzene rings is 1. The largest absolute Gasteiger partial charge is 0.384 e. The molecule has 2 atom stereocenters. The summed E-state index contributed by atoms with van der Waals surface area (Å²) >= 11 is 0. The topological polar surface area (TPSA) is 32.3 Å². The van der Waals surface area contributed by atoms with Gasteiger partial charge in [-0.1, -0.05) is 50.1 Å². The molecule has 0 bridgehead atoms. The molecule has 94 valence electrons. The van der Waals surface area contributed by atoms with Crippen LogP contribution in [0.15, 0.2) is 30.3 Å². The van der Waals surface area contributed by atoms with Gasteiger partial charge in [-0.15, -0.1) is 0 Å². The molecule has 0 saturated carbocycles. The van der Waals surface area contributed by atoms with Crippen molar-refractivity contribution in [3.05, 3.63) is 35.9 Å². The van der Waals surface area contributed by atoms with Crippen LogP contribution in [0.25, 0.3) is 0 Å². The zero-order valence-corrected chi connectivity index (χ0v) is 10.7. The van der Waals surface area contributed by atoms with E-state index in [2.05, 4.69) is 12.2 Å². The number of hydrogen-bond acceptors (Lipinski definition) is 2. The van der Waals surface area contributed by atoms with Gasteiger partial charge in [0.2, 0.25) is 0 Å². The minimum atomic E-state index is -0.717. The van der Waals surface area contributed by atoms with E-state index < -0.39 is 5.60 Å². The predicted molar refractivity (Wildman–Crippen MR) is 70.9 cm³/mol. The first kappa shape index (κ1) is 12.6. The van der Waals surface area contributed by atoms with E-state index >= 15 is 0 Å². The minimum absolute atomic E-state index is 0.192. The highest BCUT2D eigenvalue weighted by atomic mass is 16.3. The Bertz CT molecular complexity index is 330. The maximum atomic E-state index is 11.0. The smallest absolute Gasteiger partial charge is 0.105 e. The number of aliphatic hydroxyl groups is 1. The molecule has 1 aliphatic heterocycles. The average Bonchev–Trinajstić information content (AvgIpc) is 2.68. The first-order valence-electron chi connectivity index (χ1n) is 6.78. The molecule has 0 aromatic heterocycles. The zero-order valence-electron chi connectivity index (χ0n) is 10.7. The van der Waals surface area contributed by atoms with Crippen LogP contribution in [-0.4, -0.2) is 17.7 Å². The summed E-state index contributed by atoms with van der Waals surface area (Å²) in [7, 11) is 0. The van der Waals surface area contributed by atoms with Gasteiger partial charge in [0.1, 0.15) is 5.60 Å². The molecule has 2 heteroatoms. The monoisotopic (exact) mass is 233 g/mol. The van der Waals surface area contributed by atoms with Crippen LogP contribution in [0.3, 0.4) is 0 Å². The first-order chi connectivity index (χ1) is 8.27. The Kier molecular flexibility index (Phi) is 4.19. The number of hydrogen-bond donors (Lipinski definition) is 2. The SMILES string of the molecule is CCC(O)(c1ccccc1)C1CCCCCN1. The second-order valence-electron chi connectivity index (χ2n) is 5.00. The molecule has 1 heterocycles. The lowest BCUT2D eigenvalue weighted by Gasteiger charge is -2.36. The molecule has 0 spiro atoms. The van der Waals surface area contributed by atoms with Crippen molar-refractivity contribution in [1.29, 1.82) is 0 Å². The van der Waals surface area contributed by atoms with Gasteiger partial charge in [0.25, 0.3) is 0 Å². The third-order valence-corrected chi connectivity index (χ3v) is 3.95. The van der Waals surface area contributed by atoms with Crippen LogP contribution >= 0.6 is 0 Å². The first-order valence-corrected chi connectivity index (χ1v) is 6.78. The van der Waals surface area contributed by atoms with Gasteiger partial charge in [-0.05, 0) is 31.4 Å². The van der Waals surface area contributed by atoms with E-state index in [0.717, 1.165) is 24.9 Å². The molecule has 2 N–H and O–H groups in total. The summed E-state index contributed by atoms with van der Waals surface area (Å²) in [5.41, 5.74) is 0.327. The van der Waals surface area contributed by atoms with E-state index in [1.54, 1.807) is 0 Å². The van der Waals surface area contributed by atoms with Crippen LogP contribution in [0.5, 0.6) is 0 Å².